The van der Waals surface area contributed by atoms with Crippen LogP contribution in [0.25, 0.3) is 0 Å². The molecule has 0 aromatic heterocycles. The van der Waals surface area contributed by atoms with E-state index in [9.17, 15) is 4.79 Å². The van der Waals surface area contributed by atoms with Crippen molar-refractivity contribution in [3.05, 3.63) is 69.7 Å². The van der Waals surface area contributed by atoms with Crippen LogP contribution in [0.3, 0.4) is 0 Å². The summed E-state index contributed by atoms with van der Waals surface area (Å²) >= 11 is 3.49. The molecule has 0 aliphatic carbocycles. The molecule has 0 saturated heterocycles. The van der Waals surface area contributed by atoms with Gasteiger partial charge in [-0.05, 0) is 46.1 Å². The number of hydrogen-bond donors (Lipinski definition) is 1. The number of carbonyl (C=O) groups excluding carboxylic acids is 1. The summed E-state index contributed by atoms with van der Waals surface area (Å²) in [6.45, 7) is 2.77. The van der Waals surface area contributed by atoms with Crippen LogP contribution in [0, 0.1) is 18.8 Å². The van der Waals surface area contributed by atoms with Crippen molar-refractivity contribution in [2.24, 2.45) is 0 Å². The van der Waals surface area contributed by atoms with Gasteiger partial charge in [0.05, 0.1) is 0 Å². The summed E-state index contributed by atoms with van der Waals surface area (Å²) in [5.41, 5.74) is 3.10. The predicted octanol–water partition coefficient (Wildman–Crippen LogP) is 4.43. The molecular formula is C19H18BrNO2. The molecule has 118 valence electrons. The highest BCUT2D eigenvalue weighted by Crippen LogP contribution is 2.17. The Balaban J connectivity index is 1.69. The van der Waals surface area contributed by atoms with E-state index < -0.39 is 6.09 Å². The Morgan fingerprint density at radius 3 is 2.74 bits per heavy atom. The van der Waals surface area contributed by atoms with Gasteiger partial charge in [0.15, 0.2) is 0 Å². The number of aryl methyl sites for hydroxylation is 1. The normalized spacial score (nSPS) is 9.65. The Labute approximate surface area is 145 Å². The Bertz CT molecular complexity index is 717. The van der Waals surface area contributed by atoms with Crippen molar-refractivity contribution in [3.63, 3.8) is 0 Å². The third-order valence-corrected chi connectivity index (χ3v) is 3.74. The second-order valence-corrected chi connectivity index (χ2v) is 5.88. The van der Waals surface area contributed by atoms with Crippen LogP contribution in [0.4, 0.5) is 4.79 Å². The number of amides is 1. The van der Waals surface area contributed by atoms with Crippen LogP contribution in [0.2, 0.25) is 0 Å². The summed E-state index contributed by atoms with van der Waals surface area (Å²) in [6, 6.07) is 15.6. The van der Waals surface area contributed by atoms with Crippen molar-refractivity contribution in [2.75, 3.05) is 6.54 Å². The molecule has 1 N–H and O–H groups in total. The third kappa shape index (κ3) is 6.17. The lowest BCUT2D eigenvalue weighted by molar-refractivity contribution is 0.140. The summed E-state index contributed by atoms with van der Waals surface area (Å²) in [6.07, 6.45) is 0.146. The van der Waals surface area contributed by atoms with E-state index in [1.54, 1.807) is 0 Å². The molecular weight excluding hydrogens is 354 g/mol. The molecule has 2 aromatic carbocycles. The number of benzene rings is 2. The van der Waals surface area contributed by atoms with Crippen molar-refractivity contribution in [2.45, 2.75) is 20.0 Å². The second kappa shape index (κ2) is 9.02. The Morgan fingerprint density at radius 2 is 2.00 bits per heavy atom. The second-order valence-electron chi connectivity index (χ2n) is 5.02. The minimum absolute atomic E-state index is 0.272. The fourth-order valence-corrected chi connectivity index (χ4v) is 2.47. The van der Waals surface area contributed by atoms with Gasteiger partial charge in [-0.15, -0.1) is 0 Å². The summed E-state index contributed by atoms with van der Waals surface area (Å²) in [5, 5.41) is 2.69. The van der Waals surface area contributed by atoms with Gasteiger partial charge in [-0.3, -0.25) is 0 Å². The van der Waals surface area contributed by atoms with Gasteiger partial charge in [0.25, 0.3) is 0 Å². The highest BCUT2D eigenvalue weighted by atomic mass is 79.9. The predicted molar refractivity (Wildman–Crippen MR) is 95.0 cm³/mol. The van der Waals surface area contributed by atoms with Gasteiger partial charge in [-0.1, -0.05) is 48.2 Å². The summed E-state index contributed by atoms with van der Waals surface area (Å²) in [4.78, 5) is 11.6. The molecule has 0 radical (unpaired) electrons. The highest BCUT2D eigenvalue weighted by Gasteiger charge is 2.00. The zero-order chi connectivity index (χ0) is 16.5. The first-order valence-electron chi connectivity index (χ1n) is 7.35. The SMILES string of the molecule is Cc1ccc(C#CCCNC(=O)OCc2ccccc2)c(Br)c1. The summed E-state index contributed by atoms with van der Waals surface area (Å²) in [5.74, 6) is 6.12. The lowest BCUT2D eigenvalue weighted by Crippen LogP contribution is -2.24. The standard InChI is InChI=1S/C19H18BrNO2/c1-15-10-11-17(18(20)13-15)9-5-6-12-21-19(22)23-14-16-7-3-2-4-8-16/h2-4,7-8,10-11,13H,6,12,14H2,1H3,(H,21,22). The fourth-order valence-electron chi connectivity index (χ4n) is 1.88. The number of hydrogen-bond acceptors (Lipinski definition) is 2. The fraction of sp³-hybridized carbons (Fsp3) is 0.211. The molecule has 23 heavy (non-hydrogen) atoms. The van der Waals surface area contributed by atoms with E-state index in [1.165, 1.54) is 5.56 Å². The first-order valence-corrected chi connectivity index (χ1v) is 8.14. The number of halogens is 1. The van der Waals surface area contributed by atoms with Crippen molar-refractivity contribution in [3.8, 4) is 11.8 Å². The van der Waals surface area contributed by atoms with E-state index in [-0.39, 0.29) is 6.61 Å². The minimum Gasteiger partial charge on any atom is -0.445 e. The lowest BCUT2D eigenvalue weighted by Gasteiger charge is -2.05. The Morgan fingerprint density at radius 1 is 1.22 bits per heavy atom. The van der Waals surface area contributed by atoms with E-state index in [4.69, 9.17) is 4.74 Å². The zero-order valence-electron chi connectivity index (χ0n) is 12.9. The summed E-state index contributed by atoms with van der Waals surface area (Å²) in [7, 11) is 0. The van der Waals surface area contributed by atoms with Crippen molar-refractivity contribution < 1.29 is 9.53 Å². The summed E-state index contributed by atoms with van der Waals surface area (Å²) < 4.78 is 6.11. The smallest absolute Gasteiger partial charge is 0.407 e. The van der Waals surface area contributed by atoms with Gasteiger partial charge in [0.2, 0.25) is 0 Å². The van der Waals surface area contributed by atoms with Gasteiger partial charge in [-0.25, -0.2) is 4.79 Å². The Kier molecular flexibility index (Phi) is 6.71. The molecule has 0 aliphatic rings. The van der Waals surface area contributed by atoms with Gasteiger partial charge in [-0.2, -0.15) is 0 Å². The number of ether oxygens (including phenoxy) is 1. The topological polar surface area (TPSA) is 38.3 Å². The average Bonchev–Trinajstić information content (AvgIpc) is 2.55. The van der Waals surface area contributed by atoms with Crippen LogP contribution in [0.15, 0.2) is 53.0 Å². The molecule has 0 spiro atoms. The molecule has 0 aliphatic heterocycles. The maximum Gasteiger partial charge on any atom is 0.407 e. The molecule has 3 nitrogen and oxygen atoms in total. The number of carbonyl (C=O) groups is 1. The van der Waals surface area contributed by atoms with E-state index in [0.29, 0.717) is 13.0 Å². The maximum absolute atomic E-state index is 11.6. The number of rotatable bonds is 4. The van der Waals surface area contributed by atoms with Crippen LogP contribution in [-0.2, 0) is 11.3 Å². The minimum atomic E-state index is -0.424. The molecule has 0 bridgehead atoms. The van der Waals surface area contributed by atoms with Gasteiger partial charge < -0.3 is 10.1 Å². The average molecular weight is 372 g/mol. The largest absolute Gasteiger partial charge is 0.445 e. The van der Waals surface area contributed by atoms with Gasteiger partial charge in [0, 0.05) is 23.0 Å². The number of alkyl carbamates (subject to hydrolysis) is 1. The third-order valence-electron chi connectivity index (χ3n) is 3.08. The molecule has 0 unspecified atom stereocenters. The van der Waals surface area contributed by atoms with Gasteiger partial charge in [0.1, 0.15) is 6.61 Å². The molecule has 0 heterocycles. The molecule has 2 rings (SSSR count). The van der Waals surface area contributed by atoms with Crippen LogP contribution in [0.5, 0.6) is 0 Å². The van der Waals surface area contributed by atoms with Crippen LogP contribution < -0.4 is 5.32 Å². The first kappa shape index (κ1) is 17.1. The van der Waals surface area contributed by atoms with E-state index in [0.717, 1.165) is 15.6 Å². The van der Waals surface area contributed by atoms with Crippen molar-refractivity contribution in [1.82, 2.24) is 5.32 Å². The van der Waals surface area contributed by atoms with Crippen LogP contribution in [0.1, 0.15) is 23.1 Å². The van der Waals surface area contributed by atoms with E-state index in [2.05, 4.69) is 33.1 Å². The Hall–Kier alpha value is -2.25. The molecule has 0 fully saturated rings. The van der Waals surface area contributed by atoms with Gasteiger partial charge >= 0.3 is 6.09 Å². The van der Waals surface area contributed by atoms with E-state index >= 15 is 0 Å². The van der Waals surface area contributed by atoms with Crippen molar-refractivity contribution in [1.29, 1.82) is 0 Å². The maximum atomic E-state index is 11.6. The molecule has 2 aromatic rings. The van der Waals surface area contributed by atoms with Crippen LogP contribution in [-0.4, -0.2) is 12.6 Å². The van der Waals surface area contributed by atoms with Crippen molar-refractivity contribution >= 4 is 22.0 Å². The molecule has 4 heteroatoms. The zero-order valence-corrected chi connectivity index (χ0v) is 14.5. The first-order chi connectivity index (χ1) is 11.1. The molecule has 1 amide bonds. The van der Waals surface area contributed by atoms with E-state index in [1.807, 2.05) is 55.5 Å². The lowest BCUT2D eigenvalue weighted by atomic mass is 10.1. The molecule has 0 saturated carbocycles. The monoisotopic (exact) mass is 371 g/mol. The number of nitrogens with one attached hydrogen (secondary N) is 1. The van der Waals surface area contributed by atoms with Crippen LogP contribution >= 0.6 is 15.9 Å². The molecule has 0 atom stereocenters. The quantitative estimate of drug-likeness (QED) is 0.637. The highest BCUT2D eigenvalue weighted by molar-refractivity contribution is 9.10.